The molecule has 106 valence electrons. The molecule has 1 aromatic carbocycles. The zero-order valence-electron chi connectivity index (χ0n) is 11.8. The summed E-state index contributed by atoms with van der Waals surface area (Å²) < 4.78 is 0. The van der Waals surface area contributed by atoms with Gasteiger partial charge in [-0.2, -0.15) is 0 Å². The number of amides is 1. The number of benzene rings is 1. The number of nitrogens with one attached hydrogen (secondary N) is 2. The first-order valence-corrected chi connectivity index (χ1v) is 7.93. The Labute approximate surface area is 120 Å². The van der Waals surface area contributed by atoms with Crippen LogP contribution in [0.1, 0.15) is 31.2 Å². The van der Waals surface area contributed by atoms with Gasteiger partial charge in [-0.1, -0.05) is 18.2 Å². The molecular formula is C17H22N2O. The molecule has 2 N–H and O–H groups in total. The van der Waals surface area contributed by atoms with Crippen LogP contribution in [0, 0.1) is 17.8 Å². The van der Waals surface area contributed by atoms with E-state index in [4.69, 9.17) is 0 Å². The summed E-state index contributed by atoms with van der Waals surface area (Å²) in [5, 5.41) is 6.54. The smallest absolute Gasteiger partial charge is 0.242 e. The Morgan fingerprint density at radius 1 is 1.20 bits per heavy atom. The third-order valence-electron chi connectivity index (χ3n) is 5.05. The van der Waals surface area contributed by atoms with Gasteiger partial charge in [0.15, 0.2) is 0 Å². The Kier molecular flexibility index (Phi) is 2.94. The molecule has 3 aliphatic rings. The fourth-order valence-electron chi connectivity index (χ4n) is 3.56. The Bertz CT molecular complexity index is 482. The van der Waals surface area contributed by atoms with Gasteiger partial charge in [0.25, 0.3) is 0 Å². The maximum atomic E-state index is 12.3. The van der Waals surface area contributed by atoms with Crippen molar-refractivity contribution in [2.45, 2.75) is 38.1 Å². The van der Waals surface area contributed by atoms with Crippen LogP contribution in [0.15, 0.2) is 24.3 Å². The quantitative estimate of drug-likeness (QED) is 0.863. The number of carbonyl (C=O) groups excluding carboxylic acids is 1. The minimum Gasteiger partial charge on any atom is -0.373 e. The lowest BCUT2D eigenvalue weighted by molar-refractivity contribution is -0.121. The first-order chi connectivity index (χ1) is 9.81. The second kappa shape index (κ2) is 4.80. The lowest BCUT2D eigenvalue weighted by atomic mass is 9.98. The van der Waals surface area contributed by atoms with Crippen LogP contribution in [-0.2, 0) is 11.2 Å². The fraction of sp³-hybridized carbons (Fsp3) is 0.588. The van der Waals surface area contributed by atoms with Gasteiger partial charge in [-0.05, 0) is 55.1 Å². The van der Waals surface area contributed by atoms with Crippen LogP contribution in [0.3, 0.4) is 0 Å². The molecule has 3 nitrogen and oxygen atoms in total. The SMILES string of the molecule is O=C(NCC(C1CC1)C1CC1)[C@@H]1Cc2ccccc2N1. The molecular weight excluding hydrogens is 248 g/mol. The normalized spacial score (nSPS) is 24.4. The van der Waals surface area contributed by atoms with Crippen LogP contribution >= 0.6 is 0 Å². The minimum absolute atomic E-state index is 0.0774. The molecule has 1 heterocycles. The molecule has 2 aliphatic carbocycles. The number of hydrogen-bond donors (Lipinski definition) is 2. The van der Waals surface area contributed by atoms with Gasteiger partial charge in [0.2, 0.25) is 5.91 Å². The van der Waals surface area contributed by atoms with Crippen molar-refractivity contribution >= 4 is 11.6 Å². The van der Waals surface area contributed by atoms with Crippen LogP contribution in [0.25, 0.3) is 0 Å². The zero-order chi connectivity index (χ0) is 13.5. The number of carbonyl (C=O) groups is 1. The van der Waals surface area contributed by atoms with Gasteiger partial charge in [-0.15, -0.1) is 0 Å². The highest BCUT2D eigenvalue weighted by atomic mass is 16.2. The first-order valence-electron chi connectivity index (χ1n) is 7.93. The topological polar surface area (TPSA) is 41.1 Å². The zero-order valence-corrected chi connectivity index (χ0v) is 11.8. The molecule has 0 unspecified atom stereocenters. The average molecular weight is 270 g/mol. The number of anilines is 1. The Morgan fingerprint density at radius 3 is 2.55 bits per heavy atom. The molecule has 1 aliphatic heterocycles. The number of rotatable bonds is 5. The first kappa shape index (κ1) is 12.2. The van der Waals surface area contributed by atoms with Crippen molar-refractivity contribution in [2.75, 3.05) is 11.9 Å². The molecule has 4 rings (SSSR count). The van der Waals surface area contributed by atoms with Gasteiger partial charge in [-0.3, -0.25) is 4.79 Å². The van der Waals surface area contributed by atoms with Crippen molar-refractivity contribution in [3.63, 3.8) is 0 Å². The van der Waals surface area contributed by atoms with Crippen molar-refractivity contribution in [1.82, 2.24) is 5.32 Å². The van der Waals surface area contributed by atoms with E-state index in [2.05, 4.69) is 22.8 Å². The van der Waals surface area contributed by atoms with E-state index in [0.29, 0.717) is 0 Å². The number of hydrogen-bond acceptors (Lipinski definition) is 2. The predicted molar refractivity (Wildman–Crippen MR) is 79.5 cm³/mol. The second-order valence-corrected chi connectivity index (χ2v) is 6.64. The lowest BCUT2D eigenvalue weighted by Gasteiger charge is -2.18. The summed E-state index contributed by atoms with van der Waals surface area (Å²) in [7, 11) is 0. The maximum Gasteiger partial charge on any atom is 0.242 e. The second-order valence-electron chi connectivity index (χ2n) is 6.64. The molecule has 1 aromatic rings. The lowest BCUT2D eigenvalue weighted by Crippen LogP contribution is -2.41. The third-order valence-corrected chi connectivity index (χ3v) is 5.05. The summed E-state index contributed by atoms with van der Waals surface area (Å²) in [6.45, 7) is 0.892. The van der Waals surface area contributed by atoms with Crippen molar-refractivity contribution in [1.29, 1.82) is 0 Å². The van der Waals surface area contributed by atoms with Gasteiger partial charge < -0.3 is 10.6 Å². The summed E-state index contributed by atoms with van der Waals surface area (Å²) in [6, 6.07) is 8.14. The molecule has 0 bridgehead atoms. The van der Waals surface area contributed by atoms with E-state index in [0.717, 1.165) is 36.4 Å². The standard InChI is InChI=1S/C17H22N2O/c20-17(16-9-13-3-1-2-4-15(13)19-16)18-10-14(11-5-6-11)12-7-8-12/h1-4,11-12,14,16,19H,5-10H2,(H,18,20)/t16-/m0/s1. The van der Waals surface area contributed by atoms with Crippen LogP contribution in [0.5, 0.6) is 0 Å². The van der Waals surface area contributed by atoms with Gasteiger partial charge in [0.1, 0.15) is 6.04 Å². The summed E-state index contributed by atoms with van der Waals surface area (Å²) in [5.41, 5.74) is 2.38. The van der Waals surface area contributed by atoms with E-state index < -0.39 is 0 Å². The van der Waals surface area contributed by atoms with E-state index in [1.54, 1.807) is 0 Å². The van der Waals surface area contributed by atoms with Crippen molar-refractivity contribution in [2.24, 2.45) is 17.8 Å². The monoisotopic (exact) mass is 270 g/mol. The number of para-hydroxylation sites is 1. The van der Waals surface area contributed by atoms with Gasteiger partial charge in [0.05, 0.1) is 0 Å². The highest BCUT2D eigenvalue weighted by Gasteiger charge is 2.41. The number of fused-ring (bicyclic) bond motifs is 1. The molecule has 0 radical (unpaired) electrons. The summed E-state index contributed by atoms with van der Waals surface area (Å²) in [4.78, 5) is 12.3. The highest BCUT2D eigenvalue weighted by molar-refractivity contribution is 5.87. The molecule has 2 saturated carbocycles. The van der Waals surface area contributed by atoms with Crippen LogP contribution in [0.2, 0.25) is 0 Å². The fourth-order valence-corrected chi connectivity index (χ4v) is 3.56. The van der Waals surface area contributed by atoms with E-state index >= 15 is 0 Å². The third kappa shape index (κ3) is 2.41. The molecule has 20 heavy (non-hydrogen) atoms. The highest BCUT2D eigenvalue weighted by Crippen LogP contribution is 2.48. The van der Waals surface area contributed by atoms with Gasteiger partial charge in [0, 0.05) is 18.7 Å². The minimum atomic E-state index is -0.0774. The summed E-state index contributed by atoms with van der Waals surface area (Å²) in [6.07, 6.45) is 6.34. The van der Waals surface area contributed by atoms with Crippen LogP contribution in [0.4, 0.5) is 5.69 Å². The predicted octanol–water partition coefficient (Wildman–Crippen LogP) is 2.58. The van der Waals surface area contributed by atoms with Gasteiger partial charge >= 0.3 is 0 Å². The Hall–Kier alpha value is -1.51. The van der Waals surface area contributed by atoms with E-state index in [9.17, 15) is 4.79 Å². The van der Waals surface area contributed by atoms with Crippen molar-refractivity contribution in [3.8, 4) is 0 Å². The van der Waals surface area contributed by atoms with E-state index in [-0.39, 0.29) is 11.9 Å². The Balaban J connectivity index is 1.32. The van der Waals surface area contributed by atoms with Crippen LogP contribution in [-0.4, -0.2) is 18.5 Å². The molecule has 0 aromatic heterocycles. The summed E-state index contributed by atoms with van der Waals surface area (Å²) >= 11 is 0. The van der Waals surface area contributed by atoms with E-state index in [1.165, 1.54) is 31.2 Å². The Morgan fingerprint density at radius 2 is 1.90 bits per heavy atom. The molecule has 0 spiro atoms. The van der Waals surface area contributed by atoms with Crippen LogP contribution < -0.4 is 10.6 Å². The molecule has 0 saturated heterocycles. The largest absolute Gasteiger partial charge is 0.373 e. The average Bonchev–Trinajstić information content (AvgIpc) is 3.37. The molecule has 1 amide bonds. The molecule has 2 fully saturated rings. The van der Waals surface area contributed by atoms with Crippen molar-refractivity contribution < 1.29 is 4.79 Å². The maximum absolute atomic E-state index is 12.3. The molecule has 1 atom stereocenters. The summed E-state index contributed by atoms with van der Waals surface area (Å²) in [5.74, 6) is 2.73. The van der Waals surface area contributed by atoms with E-state index in [1.807, 2.05) is 12.1 Å². The van der Waals surface area contributed by atoms with Gasteiger partial charge in [-0.25, -0.2) is 0 Å². The van der Waals surface area contributed by atoms with Crippen molar-refractivity contribution in [3.05, 3.63) is 29.8 Å². The molecule has 3 heteroatoms.